The van der Waals surface area contributed by atoms with Crippen molar-refractivity contribution in [3.8, 4) is 24.7 Å². The molecule has 0 aliphatic heterocycles. The predicted molar refractivity (Wildman–Crippen MR) is 275 cm³/mol. The first-order valence-electron chi connectivity index (χ1n) is 23.4. The third kappa shape index (κ3) is 18.9. The van der Waals surface area contributed by atoms with E-state index in [1.807, 2.05) is 12.1 Å². The summed E-state index contributed by atoms with van der Waals surface area (Å²) < 4.78 is 6.96. The summed E-state index contributed by atoms with van der Waals surface area (Å²) in [7, 11) is -4.59. The van der Waals surface area contributed by atoms with Crippen LogP contribution in [0.3, 0.4) is 0 Å². The second-order valence-corrected chi connectivity index (χ2v) is 28.4. The molecule has 0 aliphatic carbocycles. The summed E-state index contributed by atoms with van der Waals surface area (Å²) in [6, 6.07) is 42.9. The Kier molecular flexibility index (Phi) is 27.0. The quantitative estimate of drug-likeness (QED) is 0.0329. The van der Waals surface area contributed by atoms with E-state index in [0.29, 0.717) is 6.61 Å². The molecule has 0 unspecified atom stereocenters. The molecule has 0 aliphatic rings. The Bertz CT molecular complexity index is 1660. The van der Waals surface area contributed by atoms with E-state index in [4.69, 9.17) is 33.5 Å². The first-order valence-corrected chi connectivity index (χ1v) is 28.3. The summed E-state index contributed by atoms with van der Waals surface area (Å²) in [5.74, 6) is 5.39. The zero-order valence-electron chi connectivity index (χ0n) is 39.1. The largest absolute Gasteiger partial charge is 0.407 e. The van der Waals surface area contributed by atoms with Crippen molar-refractivity contribution in [1.29, 1.82) is 0 Å². The lowest BCUT2D eigenvalue weighted by atomic mass is 10.1. The fraction of sp³-hybridized carbons (Fsp3) is 0.500. The maximum Gasteiger partial charge on any atom is 0.261 e. The summed E-state index contributed by atoms with van der Waals surface area (Å²) in [6.07, 6.45) is 32.3. The molecule has 0 saturated carbocycles. The van der Waals surface area contributed by atoms with Crippen LogP contribution in [0.1, 0.15) is 157 Å². The van der Waals surface area contributed by atoms with Crippen LogP contribution in [0, 0.1) is 24.7 Å². The van der Waals surface area contributed by atoms with Gasteiger partial charge in [0.2, 0.25) is 7.38 Å². The lowest BCUT2D eigenvalue weighted by Crippen LogP contribution is -2.66. The Morgan fingerprint density at radius 2 is 0.738 bits per heavy atom. The van der Waals surface area contributed by atoms with Crippen molar-refractivity contribution in [2.24, 2.45) is 0 Å². The fourth-order valence-corrected chi connectivity index (χ4v) is 16.9. The molecule has 0 fully saturated rings. The molecule has 0 radical (unpaired) electrons. The molecule has 0 aromatic heterocycles. The van der Waals surface area contributed by atoms with Crippen LogP contribution in [0.4, 0.5) is 0 Å². The van der Waals surface area contributed by atoms with Crippen LogP contribution in [-0.2, 0) is 4.43 Å². The minimum atomic E-state index is -2.36. The summed E-state index contributed by atoms with van der Waals surface area (Å²) in [5.41, 5.74) is 0. The van der Waals surface area contributed by atoms with E-state index in [1.165, 1.54) is 111 Å². The molecule has 0 saturated heterocycles. The maximum absolute atomic E-state index is 8.55. The van der Waals surface area contributed by atoms with Gasteiger partial charge in [-0.3, -0.25) is 0 Å². The SMILES string of the molecule is C#CCCCCCCCCCCO.C#CCCCCCCCCCCO[Si](c1ccccc1)(c1ccccc1)C(C)(C)C.CC(C)(C)[Si](Cl)(c1ccccc1)c1ccccc1. The summed E-state index contributed by atoms with van der Waals surface area (Å²) in [5, 5.41) is 14.0. The van der Waals surface area contributed by atoms with Crippen LogP contribution in [-0.4, -0.2) is 34.0 Å². The van der Waals surface area contributed by atoms with Gasteiger partial charge in [0.15, 0.2) is 0 Å². The normalized spacial score (nSPS) is 11.6. The maximum atomic E-state index is 8.55. The van der Waals surface area contributed by atoms with Gasteiger partial charge in [0.25, 0.3) is 8.32 Å². The van der Waals surface area contributed by atoms with Crippen molar-refractivity contribution in [3.63, 3.8) is 0 Å². The van der Waals surface area contributed by atoms with Crippen LogP contribution in [0.5, 0.6) is 0 Å². The molecule has 1 N–H and O–H groups in total. The van der Waals surface area contributed by atoms with Gasteiger partial charge in [0, 0.05) is 26.1 Å². The lowest BCUT2D eigenvalue weighted by molar-refractivity contribution is 0.282. The Labute approximate surface area is 381 Å². The second kappa shape index (κ2) is 30.7. The molecule has 0 bridgehead atoms. The third-order valence-corrected chi connectivity index (χ3v) is 23.9. The van der Waals surface area contributed by atoms with E-state index in [9.17, 15) is 0 Å². The highest BCUT2D eigenvalue weighted by Crippen LogP contribution is 2.39. The van der Waals surface area contributed by atoms with Crippen LogP contribution in [0.15, 0.2) is 121 Å². The number of unbranched alkanes of at least 4 members (excludes halogenated alkanes) is 16. The van der Waals surface area contributed by atoms with Gasteiger partial charge in [-0.25, -0.2) is 0 Å². The van der Waals surface area contributed by atoms with E-state index in [-0.39, 0.29) is 10.1 Å². The molecule has 0 spiro atoms. The number of hydrogen-bond acceptors (Lipinski definition) is 2. The number of benzene rings is 4. The molecule has 0 heterocycles. The number of halogens is 1. The number of aliphatic hydroxyl groups excluding tert-OH is 1. The van der Waals surface area contributed by atoms with Crippen molar-refractivity contribution < 1.29 is 9.53 Å². The minimum absolute atomic E-state index is 0.0636. The summed E-state index contributed by atoms with van der Waals surface area (Å²) in [4.78, 5) is 0. The number of aliphatic hydroxyl groups is 1. The zero-order chi connectivity index (χ0) is 44.7. The van der Waals surface area contributed by atoms with E-state index in [1.54, 1.807) is 0 Å². The highest BCUT2D eigenvalue weighted by Gasteiger charge is 2.50. The van der Waals surface area contributed by atoms with E-state index >= 15 is 0 Å². The molecular weight excluding hydrogens is 796 g/mol. The molecule has 4 aromatic carbocycles. The van der Waals surface area contributed by atoms with Crippen LogP contribution in [0.2, 0.25) is 10.1 Å². The number of rotatable bonds is 24. The summed E-state index contributed by atoms with van der Waals surface area (Å²) >= 11 is 7.21. The third-order valence-electron chi connectivity index (χ3n) is 11.6. The van der Waals surface area contributed by atoms with Gasteiger partial charge in [-0.15, -0.1) is 24.7 Å². The second-order valence-electron chi connectivity index (χ2n) is 18.4. The Hall–Kier alpha value is -3.36. The molecule has 2 nitrogen and oxygen atoms in total. The average molecular weight is 878 g/mol. The highest BCUT2D eigenvalue weighted by atomic mass is 35.6. The van der Waals surface area contributed by atoms with E-state index in [2.05, 4.69) is 163 Å². The monoisotopic (exact) mass is 877 g/mol. The van der Waals surface area contributed by atoms with E-state index < -0.39 is 15.7 Å². The molecule has 4 aromatic rings. The van der Waals surface area contributed by atoms with Crippen molar-refractivity contribution in [3.05, 3.63) is 121 Å². The van der Waals surface area contributed by atoms with Gasteiger partial charge in [-0.1, -0.05) is 240 Å². The van der Waals surface area contributed by atoms with Crippen LogP contribution in [0.25, 0.3) is 0 Å². The standard InChI is InChI=1S/C28H40OSi.C16H19ClSi.C12H22O/c1-5-6-7-8-9-10-11-12-13-20-25-29-30(28(2,3)4,26-21-16-14-17-22-26)27-23-18-15-19-24-27;1-16(2,3)18(17,14-10-6-4-7-11-14)15-12-8-5-9-13-15;1-2-3-4-5-6-7-8-9-10-11-12-13/h1,14-19,21-24H,6-13,20,25H2,2-4H3;4-13H,1-3H3;1,13H,3-12H2. The van der Waals surface area contributed by atoms with Gasteiger partial charge in [0.05, 0.1) is 0 Å². The van der Waals surface area contributed by atoms with Crippen molar-refractivity contribution in [2.75, 3.05) is 13.2 Å². The van der Waals surface area contributed by atoms with Crippen molar-refractivity contribution >= 4 is 47.5 Å². The molecule has 0 atom stereocenters. The Morgan fingerprint density at radius 3 is 1.03 bits per heavy atom. The smallest absolute Gasteiger partial charge is 0.261 e. The van der Waals surface area contributed by atoms with Gasteiger partial charge in [0.1, 0.15) is 0 Å². The molecule has 4 rings (SSSR count). The first kappa shape index (κ1) is 53.8. The Balaban J connectivity index is 0.000000350. The van der Waals surface area contributed by atoms with Gasteiger partial charge < -0.3 is 9.53 Å². The Morgan fingerprint density at radius 1 is 0.443 bits per heavy atom. The van der Waals surface area contributed by atoms with Crippen LogP contribution < -0.4 is 20.7 Å². The highest BCUT2D eigenvalue weighted by molar-refractivity contribution is 7.35. The van der Waals surface area contributed by atoms with Gasteiger partial charge in [-0.2, -0.15) is 11.1 Å². The lowest BCUT2D eigenvalue weighted by Gasteiger charge is -2.43. The number of hydrogen-bond donors (Lipinski definition) is 1. The van der Waals surface area contributed by atoms with Gasteiger partial charge >= 0.3 is 0 Å². The van der Waals surface area contributed by atoms with Crippen molar-refractivity contribution in [1.82, 2.24) is 0 Å². The summed E-state index contributed by atoms with van der Waals surface area (Å²) in [6.45, 7) is 15.0. The first-order chi connectivity index (χ1) is 29.4. The topological polar surface area (TPSA) is 29.5 Å². The van der Waals surface area contributed by atoms with Gasteiger partial charge in [-0.05, 0) is 56.5 Å². The minimum Gasteiger partial charge on any atom is -0.407 e. The molecule has 61 heavy (non-hydrogen) atoms. The molecule has 5 heteroatoms. The van der Waals surface area contributed by atoms with Crippen LogP contribution >= 0.6 is 11.1 Å². The van der Waals surface area contributed by atoms with Crippen molar-refractivity contribution in [2.45, 2.75) is 167 Å². The average Bonchev–Trinajstić information content (AvgIpc) is 3.27. The fourth-order valence-electron chi connectivity index (χ4n) is 8.14. The number of terminal acetylenes is 2. The molecule has 332 valence electrons. The molecular formula is C56H81ClO2Si2. The molecule has 0 amide bonds. The predicted octanol–water partition coefficient (Wildman–Crippen LogP) is 13.6. The zero-order valence-corrected chi connectivity index (χ0v) is 41.8. The van der Waals surface area contributed by atoms with E-state index in [0.717, 1.165) is 32.3 Å².